The minimum absolute atomic E-state index is 0.420. The second-order valence-corrected chi connectivity index (χ2v) is 4.36. The molecule has 86 valence electrons. The molecule has 0 aromatic heterocycles. The van der Waals surface area contributed by atoms with Gasteiger partial charge in [0.25, 0.3) is 0 Å². The monoisotopic (exact) mass is 259 g/mol. The lowest BCUT2D eigenvalue weighted by atomic mass is 10.2. The van der Waals surface area contributed by atoms with Crippen molar-refractivity contribution in [3.8, 4) is 0 Å². The summed E-state index contributed by atoms with van der Waals surface area (Å²) in [6.45, 7) is 2.94. The van der Waals surface area contributed by atoms with Crippen LogP contribution < -0.4 is 4.90 Å². The number of hydrogen-bond donors (Lipinski definition) is 0. The van der Waals surface area contributed by atoms with E-state index in [4.69, 9.17) is 27.9 Å². The molecule has 0 atom stereocenters. The van der Waals surface area contributed by atoms with Crippen molar-refractivity contribution in [2.75, 3.05) is 31.2 Å². The number of carbonyl (C=O) groups is 1. The average molecular weight is 260 g/mol. The summed E-state index contributed by atoms with van der Waals surface area (Å²) in [5.41, 5.74) is 1.28. The van der Waals surface area contributed by atoms with Crippen molar-refractivity contribution >= 4 is 35.2 Å². The molecule has 3 nitrogen and oxygen atoms in total. The summed E-state index contributed by atoms with van der Waals surface area (Å²) in [7, 11) is 0. The Morgan fingerprint density at radius 1 is 1.19 bits per heavy atom. The lowest BCUT2D eigenvalue weighted by molar-refractivity contribution is 0.112. The molecule has 16 heavy (non-hydrogen) atoms. The molecule has 1 aliphatic heterocycles. The van der Waals surface area contributed by atoms with Crippen LogP contribution in [0, 0.1) is 0 Å². The van der Waals surface area contributed by atoms with Gasteiger partial charge in [-0.1, -0.05) is 23.2 Å². The van der Waals surface area contributed by atoms with Crippen LogP contribution in [0.4, 0.5) is 5.69 Å². The van der Waals surface area contributed by atoms with Gasteiger partial charge in [-0.2, -0.15) is 0 Å². The maximum atomic E-state index is 10.7. The normalized spacial score (nSPS) is 16.2. The van der Waals surface area contributed by atoms with Crippen LogP contribution in [-0.4, -0.2) is 32.6 Å². The first-order valence-electron chi connectivity index (χ1n) is 4.99. The van der Waals surface area contributed by atoms with E-state index < -0.39 is 0 Å². The van der Waals surface area contributed by atoms with Crippen molar-refractivity contribution in [2.45, 2.75) is 0 Å². The molecule has 1 aromatic rings. The molecule has 2 rings (SSSR count). The lowest BCUT2D eigenvalue weighted by Crippen LogP contribution is -2.36. The minimum Gasteiger partial charge on any atom is -0.378 e. The molecule has 0 saturated carbocycles. The van der Waals surface area contributed by atoms with Crippen molar-refractivity contribution < 1.29 is 9.53 Å². The predicted octanol–water partition coefficient (Wildman–Crippen LogP) is 2.64. The quantitative estimate of drug-likeness (QED) is 0.765. The van der Waals surface area contributed by atoms with Crippen molar-refractivity contribution in [3.63, 3.8) is 0 Å². The van der Waals surface area contributed by atoms with E-state index >= 15 is 0 Å². The first-order chi connectivity index (χ1) is 7.72. The number of aldehydes is 1. The third kappa shape index (κ3) is 2.32. The van der Waals surface area contributed by atoms with E-state index in [2.05, 4.69) is 4.90 Å². The van der Waals surface area contributed by atoms with Gasteiger partial charge in [-0.25, -0.2) is 0 Å². The van der Waals surface area contributed by atoms with Crippen LogP contribution in [-0.2, 0) is 4.74 Å². The maximum Gasteiger partial charge on any atom is 0.151 e. The summed E-state index contributed by atoms with van der Waals surface area (Å²) in [6, 6.07) is 3.33. The number of anilines is 1. The molecule has 0 aliphatic carbocycles. The van der Waals surface area contributed by atoms with Gasteiger partial charge in [0.05, 0.1) is 28.9 Å². The highest BCUT2D eigenvalue weighted by atomic mass is 35.5. The summed E-state index contributed by atoms with van der Waals surface area (Å²) in [4.78, 5) is 12.8. The third-order valence-corrected chi connectivity index (χ3v) is 3.17. The topological polar surface area (TPSA) is 29.5 Å². The van der Waals surface area contributed by atoms with E-state index in [-0.39, 0.29) is 0 Å². The van der Waals surface area contributed by atoms with Crippen LogP contribution in [0.3, 0.4) is 0 Å². The Hall–Kier alpha value is -0.770. The van der Waals surface area contributed by atoms with E-state index in [9.17, 15) is 4.79 Å². The number of carbonyl (C=O) groups excluding carboxylic acids is 1. The molecule has 1 fully saturated rings. The molecular formula is C11H11Cl2NO2. The zero-order valence-corrected chi connectivity index (χ0v) is 10.1. The second kappa shape index (κ2) is 5.04. The highest BCUT2D eigenvalue weighted by Crippen LogP contribution is 2.31. The molecule has 0 unspecified atom stereocenters. The average Bonchev–Trinajstić information content (AvgIpc) is 2.32. The summed E-state index contributed by atoms with van der Waals surface area (Å²) in [5, 5.41) is 0.981. The van der Waals surface area contributed by atoms with Gasteiger partial charge in [0.15, 0.2) is 6.29 Å². The predicted molar refractivity (Wildman–Crippen MR) is 64.9 cm³/mol. The van der Waals surface area contributed by atoms with Gasteiger partial charge < -0.3 is 9.64 Å². The second-order valence-electron chi connectivity index (χ2n) is 3.54. The lowest BCUT2D eigenvalue weighted by Gasteiger charge is -2.29. The fourth-order valence-corrected chi connectivity index (χ4v) is 2.18. The first kappa shape index (κ1) is 11.7. The largest absolute Gasteiger partial charge is 0.378 e. The number of rotatable bonds is 2. The van der Waals surface area contributed by atoms with Crippen molar-refractivity contribution in [3.05, 3.63) is 27.7 Å². The Morgan fingerprint density at radius 3 is 2.50 bits per heavy atom. The van der Waals surface area contributed by atoms with Crippen LogP contribution in [0.5, 0.6) is 0 Å². The molecule has 5 heteroatoms. The summed E-state index contributed by atoms with van der Waals surface area (Å²) >= 11 is 12.1. The Bertz CT molecular complexity index is 403. The molecule has 1 aliphatic rings. The Kier molecular flexibility index (Phi) is 3.69. The number of benzene rings is 1. The summed E-state index contributed by atoms with van der Waals surface area (Å²) < 4.78 is 5.26. The van der Waals surface area contributed by atoms with Gasteiger partial charge in [-0.05, 0) is 12.1 Å². The van der Waals surface area contributed by atoms with E-state index in [1.165, 1.54) is 0 Å². The fourth-order valence-electron chi connectivity index (χ4n) is 1.69. The molecule has 0 amide bonds. The zero-order valence-electron chi connectivity index (χ0n) is 8.58. The molecule has 1 saturated heterocycles. The summed E-state index contributed by atoms with van der Waals surface area (Å²) in [5.74, 6) is 0. The Morgan fingerprint density at radius 2 is 1.88 bits per heavy atom. The van der Waals surface area contributed by atoms with Crippen LogP contribution in [0.25, 0.3) is 0 Å². The number of hydrogen-bond acceptors (Lipinski definition) is 3. The molecule has 0 radical (unpaired) electrons. The molecular weight excluding hydrogens is 249 g/mol. The SMILES string of the molecule is O=Cc1cc(Cl)c(N2CCOCC2)cc1Cl. The Balaban J connectivity index is 2.33. The van der Waals surface area contributed by atoms with Crippen LogP contribution in [0.15, 0.2) is 12.1 Å². The number of halogens is 2. The number of ether oxygens (including phenoxy) is 1. The van der Waals surface area contributed by atoms with E-state index in [0.29, 0.717) is 35.1 Å². The maximum absolute atomic E-state index is 10.7. The Labute approximate surface area is 104 Å². The van der Waals surface area contributed by atoms with Gasteiger partial charge in [-0.15, -0.1) is 0 Å². The summed E-state index contributed by atoms with van der Waals surface area (Å²) in [6.07, 6.45) is 0.706. The molecule has 0 N–H and O–H groups in total. The van der Waals surface area contributed by atoms with Gasteiger partial charge >= 0.3 is 0 Å². The van der Waals surface area contributed by atoms with E-state index in [1.54, 1.807) is 12.1 Å². The number of morpholine rings is 1. The van der Waals surface area contributed by atoms with Crippen molar-refractivity contribution in [2.24, 2.45) is 0 Å². The zero-order chi connectivity index (χ0) is 11.5. The van der Waals surface area contributed by atoms with Crippen molar-refractivity contribution in [1.82, 2.24) is 0 Å². The van der Waals surface area contributed by atoms with E-state index in [1.807, 2.05) is 0 Å². The molecule has 1 heterocycles. The van der Waals surface area contributed by atoms with Crippen molar-refractivity contribution in [1.29, 1.82) is 0 Å². The molecule has 0 spiro atoms. The van der Waals surface area contributed by atoms with Crippen LogP contribution in [0.1, 0.15) is 10.4 Å². The van der Waals surface area contributed by atoms with Gasteiger partial charge in [0.2, 0.25) is 0 Å². The standard InChI is InChI=1S/C11H11Cl2NO2/c12-9-6-11(10(13)5-8(9)7-15)14-1-3-16-4-2-14/h5-7H,1-4H2. The third-order valence-electron chi connectivity index (χ3n) is 2.54. The van der Waals surface area contributed by atoms with Gasteiger partial charge in [-0.3, -0.25) is 4.79 Å². The fraction of sp³-hybridized carbons (Fsp3) is 0.364. The van der Waals surface area contributed by atoms with E-state index in [0.717, 1.165) is 18.8 Å². The minimum atomic E-state index is 0.420. The van der Waals surface area contributed by atoms with Crippen LogP contribution >= 0.6 is 23.2 Å². The number of nitrogens with zero attached hydrogens (tertiary/aromatic N) is 1. The highest BCUT2D eigenvalue weighted by molar-refractivity contribution is 6.37. The molecule has 1 aromatic carbocycles. The van der Waals surface area contributed by atoms with Crippen LogP contribution in [0.2, 0.25) is 10.0 Å². The van der Waals surface area contributed by atoms with Gasteiger partial charge in [0.1, 0.15) is 0 Å². The smallest absolute Gasteiger partial charge is 0.151 e. The van der Waals surface area contributed by atoms with Gasteiger partial charge in [0, 0.05) is 18.7 Å². The first-order valence-corrected chi connectivity index (χ1v) is 5.75. The highest BCUT2D eigenvalue weighted by Gasteiger charge is 2.16. The molecule has 0 bridgehead atoms.